The van der Waals surface area contributed by atoms with Crippen molar-refractivity contribution in [2.75, 3.05) is 6.54 Å². The molecule has 5 rings (SSSR count). The Morgan fingerprint density at radius 1 is 1.11 bits per heavy atom. The molecular formula is C22H22N4O2. The first-order valence-electron chi connectivity index (χ1n) is 9.60. The smallest absolute Gasteiger partial charge is 0.244 e. The fourth-order valence-corrected chi connectivity index (χ4v) is 4.05. The Morgan fingerprint density at radius 3 is 2.82 bits per heavy atom. The van der Waals surface area contributed by atoms with Crippen LogP contribution in [0.3, 0.4) is 0 Å². The van der Waals surface area contributed by atoms with Gasteiger partial charge in [-0.05, 0) is 23.6 Å². The topological polar surface area (TPSA) is 78.2 Å². The van der Waals surface area contributed by atoms with E-state index in [-0.39, 0.29) is 12.1 Å². The molecule has 2 aromatic carbocycles. The van der Waals surface area contributed by atoms with E-state index < -0.39 is 0 Å². The maximum atomic E-state index is 10.3. The van der Waals surface area contributed by atoms with Crippen molar-refractivity contribution >= 4 is 10.9 Å². The lowest BCUT2D eigenvalue weighted by Gasteiger charge is -2.20. The SMILES string of the molecule is O[C@@H]1C[C@@H](c2nc(Cc3ccccc3)no2)N(Cc2c[nH]c3ccccc23)C1. The maximum absolute atomic E-state index is 10.3. The van der Waals surface area contributed by atoms with Gasteiger partial charge in [-0.3, -0.25) is 4.90 Å². The van der Waals surface area contributed by atoms with E-state index in [9.17, 15) is 5.11 Å². The number of hydrogen-bond donors (Lipinski definition) is 2. The monoisotopic (exact) mass is 374 g/mol. The molecule has 28 heavy (non-hydrogen) atoms. The van der Waals surface area contributed by atoms with Crippen LogP contribution in [0, 0.1) is 0 Å². The summed E-state index contributed by atoms with van der Waals surface area (Å²) < 4.78 is 5.58. The number of benzene rings is 2. The molecule has 0 spiro atoms. The van der Waals surface area contributed by atoms with Gasteiger partial charge in [-0.1, -0.05) is 53.7 Å². The summed E-state index contributed by atoms with van der Waals surface area (Å²) in [6.45, 7) is 1.32. The van der Waals surface area contributed by atoms with E-state index in [2.05, 4.69) is 44.3 Å². The molecule has 1 saturated heterocycles. The van der Waals surface area contributed by atoms with Gasteiger partial charge >= 0.3 is 0 Å². The summed E-state index contributed by atoms with van der Waals surface area (Å²) in [4.78, 5) is 10.2. The molecule has 0 amide bonds. The molecule has 0 aliphatic carbocycles. The largest absolute Gasteiger partial charge is 0.392 e. The lowest BCUT2D eigenvalue weighted by molar-refractivity contribution is 0.169. The highest BCUT2D eigenvalue weighted by Crippen LogP contribution is 2.33. The molecule has 1 fully saturated rings. The number of aliphatic hydroxyl groups is 1. The third-order valence-electron chi connectivity index (χ3n) is 5.40. The average molecular weight is 374 g/mol. The quantitative estimate of drug-likeness (QED) is 0.559. The van der Waals surface area contributed by atoms with Crippen LogP contribution in [0.25, 0.3) is 10.9 Å². The minimum atomic E-state index is -0.389. The Labute approximate surface area is 162 Å². The average Bonchev–Trinajstić information content (AvgIpc) is 3.42. The zero-order chi connectivity index (χ0) is 18.9. The predicted molar refractivity (Wildman–Crippen MR) is 106 cm³/mol. The molecule has 0 bridgehead atoms. The van der Waals surface area contributed by atoms with Crippen LogP contribution in [-0.4, -0.2) is 37.8 Å². The molecule has 2 aromatic heterocycles. The van der Waals surface area contributed by atoms with E-state index >= 15 is 0 Å². The molecule has 0 unspecified atom stereocenters. The summed E-state index contributed by atoms with van der Waals surface area (Å²) in [6.07, 6.45) is 2.90. The van der Waals surface area contributed by atoms with Crippen LogP contribution < -0.4 is 0 Å². The molecule has 4 aromatic rings. The highest BCUT2D eigenvalue weighted by atomic mass is 16.5. The molecule has 2 N–H and O–H groups in total. The highest BCUT2D eigenvalue weighted by molar-refractivity contribution is 5.82. The van der Waals surface area contributed by atoms with Crippen molar-refractivity contribution in [1.29, 1.82) is 0 Å². The van der Waals surface area contributed by atoms with Gasteiger partial charge in [-0.25, -0.2) is 0 Å². The number of rotatable bonds is 5. The van der Waals surface area contributed by atoms with E-state index in [4.69, 9.17) is 4.52 Å². The molecule has 6 nitrogen and oxygen atoms in total. The lowest BCUT2D eigenvalue weighted by Crippen LogP contribution is -2.24. The van der Waals surface area contributed by atoms with Crippen LogP contribution in [0.1, 0.15) is 35.3 Å². The van der Waals surface area contributed by atoms with Gasteiger partial charge in [0.25, 0.3) is 0 Å². The molecule has 0 saturated carbocycles. The summed E-state index contributed by atoms with van der Waals surface area (Å²) in [5.74, 6) is 1.26. The molecule has 1 aliphatic heterocycles. The van der Waals surface area contributed by atoms with Gasteiger partial charge in [-0.15, -0.1) is 0 Å². The van der Waals surface area contributed by atoms with Crippen molar-refractivity contribution in [1.82, 2.24) is 20.0 Å². The van der Waals surface area contributed by atoms with Crippen molar-refractivity contribution < 1.29 is 9.63 Å². The number of fused-ring (bicyclic) bond motifs is 1. The standard InChI is InChI=1S/C22H22N4O2/c27-17-11-20(22-24-21(25-28-22)10-15-6-2-1-3-7-15)26(14-17)13-16-12-23-19-9-5-4-8-18(16)19/h1-9,12,17,20,23,27H,10-11,13-14H2/t17-,20+/m1/s1. The van der Waals surface area contributed by atoms with Crippen LogP contribution >= 0.6 is 0 Å². The summed E-state index contributed by atoms with van der Waals surface area (Å²) in [7, 11) is 0. The van der Waals surface area contributed by atoms with Crippen molar-refractivity contribution in [3.63, 3.8) is 0 Å². The fraction of sp³-hybridized carbons (Fsp3) is 0.273. The molecular weight excluding hydrogens is 352 g/mol. The Morgan fingerprint density at radius 2 is 1.93 bits per heavy atom. The number of aliphatic hydroxyl groups excluding tert-OH is 1. The number of β-amino-alcohol motifs (C(OH)–C–C–N with tert-alkyl or cyclic N) is 1. The predicted octanol–water partition coefficient (Wildman–Crippen LogP) is 3.45. The van der Waals surface area contributed by atoms with Crippen LogP contribution in [0.5, 0.6) is 0 Å². The Bertz CT molecular complexity index is 1070. The second-order valence-electron chi connectivity index (χ2n) is 7.41. The molecule has 1 aliphatic rings. The van der Waals surface area contributed by atoms with Crippen LogP contribution in [0.2, 0.25) is 0 Å². The number of nitrogens with one attached hydrogen (secondary N) is 1. The van der Waals surface area contributed by atoms with Crippen molar-refractivity contribution in [3.8, 4) is 0 Å². The van der Waals surface area contributed by atoms with E-state index in [0.717, 1.165) is 17.6 Å². The van der Waals surface area contributed by atoms with Crippen LogP contribution in [-0.2, 0) is 13.0 Å². The van der Waals surface area contributed by atoms with E-state index in [1.165, 1.54) is 10.9 Å². The van der Waals surface area contributed by atoms with E-state index in [1.807, 2.05) is 36.5 Å². The second kappa shape index (κ2) is 7.22. The number of H-pyrrole nitrogens is 1. The Kier molecular flexibility index (Phi) is 4.43. The minimum absolute atomic E-state index is 0.0688. The van der Waals surface area contributed by atoms with Crippen LogP contribution in [0.15, 0.2) is 65.3 Å². The third kappa shape index (κ3) is 3.32. The van der Waals surface area contributed by atoms with Gasteiger partial charge in [-0.2, -0.15) is 4.98 Å². The number of aromatic amines is 1. The van der Waals surface area contributed by atoms with E-state index in [0.29, 0.717) is 31.1 Å². The summed E-state index contributed by atoms with van der Waals surface area (Å²) in [5, 5.41) is 15.6. The van der Waals surface area contributed by atoms with Gasteiger partial charge in [0.1, 0.15) is 0 Å². The Balaban J connectivity index is 1.36. The second-order valence-corrected chi connectivity index (χ2v) is 7.41. The molecule has 6 heteroatoms. The maximum Gasteiger partial charge on any atom is 0.244 e. The number of hydrogen-bond acceptors (Lipinski definition) is 5. The number of para-hydroxylation sites is 1. The summed E-state index contributed by atoms with van der Waals surface area (Å²) in [6, 6.07) is 18.3. The summed E-state index contributed by atoms with van der Waals surface area (Å²) in [5.41, 5.74) is 3.48. The molecule has 2 atom stereocenters. The molecule has 0 radical (unpaired) electrons. The fourth-order valence-electron chi connectivity index (χ4n) is 4.05. The molecule has 142 valence electrons. The number of likely N-dealkylation sites (tertiary alicyclic amines) is 1. The van der Waals surface area contributed by atoms with Crippen molar-refractivity contribution in [2.24, 2.45) is 0 Å². The van der Waals surface area contributed by atoms with Crippen molar-refractivity contribution in [2.45, 2.75) is 31.5 Å². The van der Waals surface area contributed by atoms with Gasteiger partial charge in [0.15, 0.2) is 5.82 Å². The number of nitrogens with zero attached hydrogens (tertiary/aromatic N) is 3. The normalized spacial score (nSPS) is 20.2. The van der Waals surface area contributed by atoms with E-state index in [1.54, 1.807) is 0 Å². The van der Waals surface area contributed by atoms with Gasteiger partial charge in [0, 0.05) is 36.6 Å². The zero-order valence-electron chi connectivity index (χ0n) is 15.5. The van der Waals surface area contributed by atoms with Gasteiger partial charge < -0.3 is 14.6 Å². The van der Waals surface area contributed by atoms with Crippen LogP contribution in [0.4, 0.5) is 0 Å². The third-order valence-corrected chi connectivity index (χ3v) is 5.40. The number of aromatic nitrogens is 3. The summed E-state index contributed by atoms with van der Waals surface area (Å²) >= 11 is 0. The van der Waals surface area contributed by atoms with Crippen molar-refractivity contribution in [3.05, 3.63) is 83.6 Å². The first-order chi connectivity index (χ1) is 13.8. The Hall–Kier alpha value is -2.96. The molecule has 3 heterocycles. The first-order valence-corrected chi connectivity index (χ1v) is 9.60. The first kappa shape index (κ1) is 17.2. The zero-order valence-corrected chi connectivity index (χ0v) is 15.5. The van der Waals surface area contributed by atoms with Gasteiger partial charge in [0.05, 0.1) is 12.1 Å². The minimum Gasteiger partial charge on any atom is -0.392 e. The van der Waals surface area contributed by atoms with Gasteiger partial charge in [0.2, 0.25) is 5.89 Å². The highest BCUT2D eigenvalue weighted by Gasteiger charge is 2.36. The lowest BCUT2D eigenvalue weighted by atomic mass is 10.1.